The summed E-state index contributed by atoms with van der Waals surface area (Å²) in [7, 11) is 2.17. The second-order valence-electron chi connectivity index (χ2n) is 5.77. The molecular formula is C18H16ClNO. The topological polar surface area (TPSA) is 16.4 Å². The molecule has 0 N–H and O–H groups in total. The maximum atomic E-state index is 6.18. The molecule has 3 heteroatoms. The summed E-state index contributed by atoms with van der Waals surface area (Å²) in [5.74, 6) is 0.358. The molecule has 2 aromatic carbocycles. The van der Waals surface area contributed by atoms with Gasteiger partial charge in [-0.1, -0.05) is 29.8 Å². The second kappa shape index (κ2) is 4.90. The summed E-state index contributed by atoms with van der Waals surface area (Å²) in [6.45, 7) is 1.97. The molecule has 1 aliphatic heterocycles. The molecule has 106 valence electrons. The van der Waals surface area contributed by atoms with Gasteiger partial charge in [-0.25, -0.2) is 0 Å². The van der Waals surface area contributed by atoms with Crippen molar-refractivity contribution in [1.82, 2.24) is 4.90 Å². The Morgan fingerprint density at radius 1 is 1.19 bits per heavy atom. The van der Waals surface area contributed by atoms with Gasteiger partial charge in [0.25, 0.3) is 0 Å². The van der Waals surface area contributed by atoms with E-state index >= 15 is 0 Å². The summed E-state index contributed by atoms with van der Waals surface area (Å²) < 4.78 is 5.54. The Bertz CT molecular complexity index is 808. The third-order valence-corrected chi connectivity index (χ3v) is 4.57. The highest BCUT2D eigenvalue weighted by Crippen LogP contribution is 2.37. The molecule has 4 rings (SSSR count). The zero-order valence-corrected chi connectivity index (χ0v) is 12.6. The largest absolute Gasteiger partial charge is 0.464 e. The Morgan fingerprint density at radius 3 is 2.95 bits per heavy atom. The Balaban J connectivity index is 1.91. The van der Waals surface area contributed by atoms with Crippen molar-refractivity contribution in [3.05, 3.63) is 70.4 Å². The van der Waals surface area contributed by atoms with Crippen molar-refractivity contribution in [2.24, 2.45) is 0 Å². The highest BCUT2D eigenvalue weighted by molar-refractivity contribution is 6.30. The third-order valence-electron chi connectivity index (χ3n) is 4.33. The van der Waals surface area contributed by atoms with Gasteiger partial charge >= 0.3 is 0 Å². The van der Waals surface area contributed by atoms with Crippen LogP contribution in [0.4, 0.5) is 0 Å². The van der Waals surface area contributed by atoms with Gasteiger partial charge in [-0.05, 0) is 48.0 Å². The van der Waals surface area contributed by atoms with Gasteiger partial charge in [-0.2, -0.15) is 0 Å². The number of rotatable bonds is 1. The van der Waals surface area contributed by atoms with Crippen molar-refractivity contribution in [3.63, 3.8) is 0 Å². The smallest absolute Gasteiger partial charge is 0.134 e. The maximum absolute atomic E-state index is 6.18. The van der Waals surface area contributed by atoms with Gasteiger partial charge in [0.05, 0.1) is 6.26 Å². The minimum absolute atomic E-state index is 0.358. The highest BCUT2D eigenvalue weighted by atomic mass is 35.5. The summed E-state index contributed by atoms with van der Waals surface area (Å²) in [5, 5.41) is 2.03. The molecule has 0 saturated heterocycles. The van der Waals surface area contributed by atoms with Crippen molar-refractivity contribution in [1.29, 1.82) is 0 Å². The predicted octanol–water partition coefficient (Wildman–Crippen LogP) is 4.66. The third kappa shape index (κ3) is 2.15. The van der Waals surface area contributed by atoms with Crippen LogP contribution in [0.3, 0.4) is 0 Å². The van der Waals surface area contributed by atoms with Crippen LogP contribution in [0.5, 0.6) is 0 Å². The number of likely N-dealkylation sites (N-methyl/N-ethyl adjacent to an activating group) is 1. The summed E-state index contributed by atoms with van der Waals surface area (Å²) in [5.41, 5.74) is 5.01. The van der Waals surface area contributed by atoms with E-state index in [0.29, 0.717) is 5.92 Å². The average molecular weight is 298 g/mol. The lowest BCUT2D eigenvalue weighted by Gasteiger charge is -2.33. The van der Waals surface area contributed by atoms with Gasteiger partial charge in [0.1, 0.15) is 5.58 Å². The lowest BCUT2D eigenvalue weighted by Crippen LogP contribution is -2.31. The van der Waals surface area contributed by atoms with Crippen molar-refractivity contribution >= 4 is 22.6 Å². The Kier molecular flexibility index (Phi) is 3.02. The second-order valence-corrected chi connectivity index (χ2v) is 6.21. The number of benzene rings is 2. The molecule has 1 unspecified atom stereocenters. The molecule has 1 aliphatic rings. The Hall–Kier alpha value is -1.77. The first-order valence-electron chi connectivity index (χ1n) is 7.15. The van der Waals surface area contributed by atoms with Crippen LogP contribution in [0, 0.1) is 0 Å². The van der Waals surface area contributed by atoms with Crippen LogP contribution in [0.15, 0.2) is 53.1 Å². The van der Waals surface area contributed by atoms with Crippen LogP contribution in [-0.4, -0.2) is 18.5 Å². The Labute approximate surface area is 128 Å². The van der Waals surface area contributed by atoms with E-state index < -0.39 is 0 Å². The van der Waals surface area contributed by atoms with Crippen LogP contribution >= 0.6 is 11.6 Å². The minimum atomic E-state index is 0.358. The molecule has 1 atom stereocenters. The molecule has 21 heavy (non-hydrogen) atoms. The van der Waals surface area contributed by atoms with E-state index in [4.69, 9.17) is 16.0 Å². The summed E-state index contributed by atoms with van der Waals surface area (Å²) >= 11 is 6.18. The van der Waals surface area contributed by atoms with Crippen LogP contribution in [0.25, 0.3) is 11.0 Å². The van der Waals surface area contributed by atoms with Crippen molar-refractivity contribution in [2.45, 2.75) is 12.5 Å². The number of hydrogen-bond donors (Lipinski definition) is 0. The SMILES string of the molecule is CN1Cc2c(ccc3occc23)C(c2cccc(Cl)c2)C1. The van der Waals surface area contributed by atoms with E-state index in [9.17, 15) is 0 Å². The molecule has 0 radical (unpaired) electrons. The molecular weight excluding hydrogens is 282 g/mol. The van der Waals surface area contributed by atoms with Gasteiger partial charge in [0, 0.05) is 29.4 Å². The van der Waals surface area contributed by atoms with Crippen molar-refractivity contribution in [2.75, 3.05) is 13.6 Å². The zero-order valence-electron chi connectivity index (χ0n) is 11.8. The van der Waals surface area contributed by atoms with E-state index in [1.54, 1.807) is 6.26 Å². The Morgan fingerprint density at radius 2 is 2.10 bits per heavy atom. The first-order valence-corrected chi connectivity index (χ1v) is 7.53. The van der Waals surface area contributed by atoms with Crippen molar-refractivity contribution < 1.29 is 4.42 Å². The van der Waals surface area contributed by atoms with E-state index in [-0.39, 0.29) is 0 Å². The quantitative estimate of drug-likeness (QED) is 0.649. The molecule has 0 amide bonds. The number of furan rings is 1. The summed E-state index contributed by atoms with van der Waals surface area (Å²) in [6, 6.07) is 14.6. The number of halogens is 1. The summed E-state index contributed by atoms with van der Waals surface area (Å²) in [6.07, 6.45) is 1.77. The molecule has 0 saturated carbocycles. The molecule has 0 fully saturated rings. The van der Waals surface area contributed by atoms with E-state index in [1.165, 1.54) is 22.1 Å². The molecule has 0 aliphatic carbocycles. The van der Waals surface area contributed by atoms with Gasteiger partial charge in [-0.15, -0.1) is 0 Å². The van der Waals surface area contributed by atoms with E-state index in [0.717, 1.165) is 23.7 Å². The van der Waals surface area contributed by atoms with Crippen LogP contribution < -0.4 is 0 Å². The highest BCUT2D eigenvalue weighted by Gasteiger charge is 2.26. The predicted molar refractivity (Wildman–Crippen MR) is 85.8 cm³/mol. The number of fused-ring (bicyclic) bond motifs is 3. The fourth-order valence-electron chi connectivity index (χ4n) is 3.38. The fraction of sp³-hybridized carbons (Fsp3) is 0.222. The number of hydrogen-bond acceptors (Lipinski definition) is 2. The molecule has 0 bridgehead atoms. The van der Waals surface area contributed by atoms with Gasteiger partial charge in [-0.3, -0.25) is 0 Å². The standard InChI is InChI=1S/C18H16ClNO/c1-20-10-16(12-3-2-4-13(19)9-12)14-5-6-18-15(7-8-21-18)17(14)11-20/h2-9,16H,10-11H2,1H3. The molecule has 3 aromatic rings. The van der Waals surface area contributed by atoms with Crippen LogP contribution in [0.1, 0.15) is 22.6 Å². The van der Waals surface area contributed by atoms with Gasteiger partial charge in [0.15, 0.2) is 0 Å². The lowest BCUT2D eigenvalue weighted by atomic mass is 9.83. The molecule has 2 heterocycles. The normalized spacial score (nSPS) is 18.9. The molecule has 0 spiro atoms. The van der Waals surface area contributed by atoms with Crippen LogP contribution in [0.2, 0.25) is 5.02 Å². The van der Waals surface area contributed by atoms with Gasteiger partial charge in [0.2, 0.25) is 0 Å². The monoisotopic (exact) mass is 297 g/mol. The molecule has 1 aromatic heterocycles. The zero-order chi connectivity index (χ0) is 14.4. The first kappa shape index (κ1) is 12.9. The first-order chi connectivity index (χ1) is 10.2. The van der Waals surface area contributed by atoms with Crippen molar-refractivity contribution in [3.8, 4) is 0 Å². The van der Waals surface area contributed by atoms with Gasteiger partial charge < -0.3 is 9.32 Å². The van der Waals surface area contributed by atoms with Crippen LogP contribution in [-0.2, 0) is 6.54 Å². The molecule has 2 nitrogen and oxygen atoms in total. The maximum Gasteiger partial charge on any atom is 0.134 e. The minimum Gasteiger partial charge on any atom is -0.464 e. The summed E-state index contributed by atoms with van der Waals surface area (Å²) in [4.78, 5) is 2.36. The van der Waals surface area contributed by atoms with E-state index in [2.05, 4.69) is 42.3 Å². The fourth-order valence-corrected chi connectivity index (χ4v) is 3.58. The average Bonchev–Trinajstić information content (AvgIpc) is 2.95. The number of nitrogens with zero attached hydrogens (tertiary/aromatic N) is 1. The van der Waals surface area contributed by atoms with E-state index in [1.807, 2.05) is 12.1 Å². The lowest BCUT2D eigenvalue weighted by molar-refractivity contribution is 0.296.